The van der Waals surface area contributed by atoms with Crippen LogP contribution in [0, 0.1) is 6.92 Å². The summed E-state index contributed by atoms with van der Waals surface area (Å²) in [5.41, 5.74) is 4.26. The average molecular weight is 435 g/mol. The number of aliphatic hydroxyl groups is 1. The van der Waals surface area contributed by atoms with Crippen molar-refractivity contribution >= 4 is 16.9 Å². The van der Waals surface area contributed by atoms with Crippen molar-refractivity contribution in [3.8, 4) is 17.1 Å². The zero-order valence-electron chi connectivity index (χ0n) is 18.1. The van der Waals surface area contributed by atoms with Crippen LogP contribution in [0.1, 0.15) is 35.3 Å². The van der Waals surface area contributed by atoms with Gasteiger partial charge >= 0.3 is 0 Å². The van der Waals surface area contributed by atoms with E-state index >= 15 is 0 Å². The van der Waals surface area contributed by atoms with E-state index in [1.54, 1.807) is 26.1 Å². The number of aryl methyl sites for hydroxylation is 3. The first-order valence-corrected chi connectivity index (χ1v) is 10.6. The van der Waals surface area contributed by atoms with E-state index in [0.29, 0.717) is 34.7 Å². The molecule has 0 aliphatic rings. The van der Waals surface area contributed by atoms with Crippen LogP contribution in [-0.2, 0) is 13.6 Å². The number of rotatable bonds is 7. The molecule has 3 aromatic heterocycles. The molecular formula is C23H26N6O3. The number of nitrogens with zero attached hydrogens (tertiary/aromatic N) is 5. The number of para-hydroxylation sites is 2. The standard InChI is InChI=1S/C23H26N6O3/c1-15-12-16(13-19(25-15)17-14-24-28(2)22(17)32)21(31)27-23-26-18-8-4-5-9-20(18)29(23)10-6-3-7-11-30/h4-5,8-9,12-14,30,32H,3,6-7,10-11H2,1-2H3,(H,26,27,31). The SMILES string of the molecule is Cc1cc(C(=O)/N=c2\[nH]c3ccccc3n2CCCCCO)cc(-c2cnn(C)c2O)n1. The third kappa shape index (κ3) is 4.33. The first-order chi connectivity index (χ1) is 15.5. The van der Waals surface area contributed by atoms with E-state index in [1.165, 1.54) is 10.9 Å². The van der Waals surface area contributed by atoms with Crippen molar-refractivity contribution in [3.05, 3.63) is 59.5 Å². The number of aromatic hydroxyl groups is 1. The monoisotopic (exact) mass is 434 g/mol. The van der Waals surface area contributed by atoms with Crippen LogP contribution in [0.4, 0.5) is 0 Å². The Hall–Kier alpha value is -3.72. The molecule has 0 saturated carbocycles. The number of H-pyrrole nitrogens is 1. The van der Waals surface area contributed by atoms with Gasteiger partial charge in [-0.05, 0) is 50.5 Å². The van der Waals surface area contributed by atoms with Gasteiger partial charge in [-0.1, -0.05) is 12.1 Å². The lowest BCUT2D eigenvalue weighted by atomic mass is 10.1. The minimum Gasteiger partial charge on any atom is -0.493 e. The number of carbonyl (C=O) groups is 1. The minimum atomic E-state index is -0.407. The molecule has 0 fully saturated rings. The molecule has 0 unspecified atom stereocenters. The molecule has 4 rings (SSSR count). The van der Waals surface area contributed by atoms with Gasteiger partial charge in [-0.2, -0.15) is 10.1 Å². The first kappa shape index (κ1) is 21.5. The van der Waals surface area contributed by atoms with Crippen molar-refractivity contribution in [3.63, 3.8) is 0 Å². The Kier molecular flexibility index (Phi) is 6.18. The number of aromatic amines is 1. The number of benzene rings is 1. The third-order valence-corrected chi connectivity index (χ3v) is 5.33. The van der Waals surface area contributed by atoms with Crippen molar-refractivity contribution in [1.29, 1.82) is 0 Å². The molecule has 4 aromatic rings. The van der Waals surface area contributed by atoms with Gasteiger partial charge in [-0.25, -0.2) is 4.68 Å². The lowest BCUT2D eigenvalue weighted by Crippen LogP contribution is -2.21. The molecular weight excluding hydrogens is 408 g/mol. The van der Waals surface area contributed by atoms with Crippen LogP contribution in [-0.4, -0.2) is 47.0 Å². The Bertz CT molecular complexity index is 1330. The van der Waals surface area contributed by atoms with E-state index in [1.807, 2.05) is 28.8 Å². The third-order valence-electron chi connectivity index (χ3n) is 5.33. The van der Waals surface area contributed by atoms with E-state index in [2.05, 4.69) is 20.1 Å². The summed E-state index contributed by atoms with van der Waals surface area (Å²) in [4.78, 5) is 25.2. The topological polar surface area (TPSA) is 121 Å². The number of hydrogen-bond donors (Lipinski definition) is 3. The van der Waals surface area contributed by atoms with Crippen molar-refractivity contribution in [2.24, 2.45) is 12.0 Å². The normalized spacial score (nSPS) is 12.0. The van der Waals surface area contributed by atoms with Gasteiger partial charge in [-0.15, -0.1) is 0 Å². The van der Waals surface area contributed by atoms with Gasteiger partial charge in [0.1, 0.15) is 0 Å². The maximum Gasteiger partial charge on any atom is 0.280 e. The summed E-state index contributed by atoms with van der Waals surface area (Å²) in [6, 6.07) is 11.1. The van der Waals surface area contributed by atoms with Gasteiger partial charge < -0.3 is 19.8 Å². The molecule has 0 aliphatic carbocycles. The molecule has 0 bridgehead atoms. The summed E-state index contributed by atoms with van der Waals surface area (Å²) in [5, 5.41) is 23.3. The number of aliphatic hydroxyl groups excluding tert-OH is 1. The Morgan fingerprint density at radius 2 is 2.00 bits per heavy atom. The average Bonchev–Trinajstić information content (AvgIpc) is 3.30. The number of imidazole rings is 1. The predicted molar refractivity (Wildman–Crippen MR) is 120 cm³/mol. The summed E-state index contributed by atoms with van der Waals surface area (Å²) >= 11 is 0. The van der Waals surface area contributed by atoms with E-state index in [-0.39, 0.29) is 12.5 Å². The molecule has 166 valence electrons. The number of aromatic nitrogens is 5. The molecule has 1 amide bonds. The summed E-state index contributed by atoms with van der Waals surface area (Å²) in [6.07, 6.45) is 4.01. The maximum absolute atomic E-state index is 13.1. The molecule has 0 spiro atoms. The molecule has 0 aliphatic heterocycles. The van der Waals surface area contributed by atoms with Gasteiger partial charge in [0, 0.05) is 31.5 Å². The predicted octanol–water partition coefficient (Wildman–Crippen LogP) is 2.68. The van der Waals surface area contributed by atoms with E-state index < -0.39 is 5.91 Å². The molecule has 0 saturated heterocycles. The van der Waals surface area contributed by atoms with Crippen molar-refractivity contribution in [2.45, 2.75) is 32.7 Å². The molecule has 1 aromatic carbocycles. The molecule has 32 heavy (non-hydrogen) atoms. The molecule has 0 atom stereocenters. The van der Waals surface area contributed by atoms with Crippen molar-refractivity contribution in [2.75, 3.05) is 6.61 Å². The minimum absolute atomic E-state index is 0.0187. The largest absolute Gasteiger partial charge is 0.493 e. The number of hydrogen-bond acceptors (Lipinski definition) is 5. The fourth-order valence-electron chi connectivity index (χ4n) is 3.69. The van der Waals surface area contributed by atoms with Crippen LogP contribution < -0.4 is 5.62 Å². The van der Waals surface area contributed by atoms with Gasteiger partial charge in [0.25, 0.3) is 5.91 Å². The zero-order chi connectivity index (χ0) is 22.7. The Morgan fingerprint density at radius 1 is 1.19 bits per heavy atom. The number of nitrogens with one attached hydrogen (secondary N) is 1. The van der Waals surface area contributed by atoms with E-state index in [4.69, 9.17) is 5.11 Å². The molecule has 3 N–H and O–H groups in total. The number of amides is 1. The highest BCUT2D eigenvalue weighted by molar-refractivity contribution is 5.96. The second-order valence-electron chi connectivity index (χ2n) is 7.71. The van der Waals surface area contributed by atoms with E-state index in [9.17, 15) is 9.90 Å². The lowest BCUT2D eigenvalue weighted by molar-refractivity contribution is 0.0996. The van der Waals surface area contributed by atoms with Crippen molar-refractivity contribution in [1.82, 2.24) is 24.3 Å². The van der Waals surface area contributed by atoms with Crippen LogP contribution in [0.15, 0.2) is 47.6 Å². The van der Waals surface area contributed by atoms with Crippen LogP contribution in [0.25, 0.3) is 22.3 Å². The Labute approximate surface area is 184 Å². The maximum atomic E-state index is 13.1. The highest BCUT2D eigenvalue weighted by atomic mass is 16.3. The van der Waals surface area contributed by atoms with E-state index in [0.717, 1.165) is 30.3 Å². The summed E-state index contributed by atoms with van der Waals surface area (Å²) in [6.45, 7) is 2.64. The van der Waals surface area contributed by atoms with Crippen LogP contribution in [0.3, 0.4) is 0 Å². The van der Waals surface area contributed by atoms with Crippen molar-refractivity contribution < 1.29 is 15.0 Å². The second-order valence-corrected chi connectivity index (χ2v) is 7.71. The fourth-order valence-corrected chi connectivity index (χ4v) is 3.69. The first-order valence-electron chi connectivity index (χ1n) is 10.6. The number of carbonyl (C=O) groups excluding carboxylic acids is 1. The smallest absolute Gasteiger partial charge is 0.280 e. The van der Waals surface area contributed by atoms with Gasteiger partial charge in [0.05, 0.1) is 28.5 Å². The van der Waals surface area contributed by atoms with Crippen LogP contribution in [0.5, 0.6) is 5.88 Å². The quantitative estimate of drug-likeness (QED) is 0.386. The molecule has 3 heterocycles. The van der Waals surface area contributed by atoms with Crippen LogP contribution >= 0.6 is 0 Å². The lowest BCUT2D eigenvalue weighted by Gasteiger charge is -2.05. The number of unbranched alkanes of at least 4 members (excludes halogenated alkanes) is 2. The summed E-state index contributed by atoms with van der Waals surface area (Å²) < 4.78 is 3.34. The van der Waals surface area contributed by atoms with Gasteiger partial charge in [0.15, 0.2) is 0 Å². The zero-order valence-corrected chi connectivity index (χ0v) is 18.1. The number of fused-ring (bicyclic) bond motifs is 1. The Balaban J connectivity index is 1.73. The second kappa shape index (κ2) is 9.19. The highest BCUT2D eigenvalue weighted by Gasteiger charge is 2.15. The summed E-state index contributed by atoms with van der Waals surface area (Å²) in [7, 11) is 1.63. The Morgan fingerprint density at radius 3 is 2.75 bits per heavy atom. The molecule has 9 nitrogen and oxygen atoms in total. The fraction of sp³-hybridized carbons (Fsp3) is 0.304. The van der Waals surface area contributed by atoms with Crippen LogP contribution in [0.2, 0.25) is 0 Å². The molecule has 9 heteroatoms. The highest BCUT2D eigenvalue weighted by Crippen LogP contribution is 2.27. The van der Waals surface area contributed by atoms with Gasteiger partial charge in [0.2, 0.25) is 11.5 Å². The molecule has 0 radical (unpaired) electrons. The number of pyridine rings is 1. The summed E-state index contributed by atoms with van der Waals surface area (Å²) in [5.74, 6) is -0.425. The van der Waals surface area contributed by atoms with Gasteiger partial charge in [-0.3, -0.25) is 9.78 Å².